The average molecular weight is 337 g/mol. The molecule has 0 spiro atoms. The highest BCUT2D eigenvalue weighted by Gasteiger charge is 2.30. The number of amides is 3. The van der Waals surface area contributed by atoms with Crippen LogP contribution in [0.5, 0.6) is 0 Å². The molecular formula is C19H19N3O3. The first-order valence-corrected chi connectivity index (χ1v) is 8.06. The van der Waals surface area contributed by atoms with Gasteiger partial charge in [-0.05, 0) is 29.3 Å². The van der Waals surface area contributed by atoms with Crippen molar-refractivity contribution in [1.29, 1.82) is 0 Å². The largest absolute Gasteiger partial charge is 0.355 e. The first-order chi connectivity index (χ1) is 12.1. The number of hydrogen-bond donors (Lipinski definition) is 3. The summed E-state index contributed by atoms with van der Waals surface area (Å²) in [6.07, 6.45) is 0.137. The number of rotatable bonds is 4. The lowest BCUT2D eigenvalue weighted by Gasteiger charge is -2.24. The molecule has 0 aliphatic carbocycles. The first-order valence-electron chi connectivity index (χ1n) is 8.06. The summed E-state index contributed by atoms with van der Waals surface area (Å²) < 4.78 is 0. The van der Waals surface area contributed by atoms with E-state index in [4.69, 9.17) is 0 Å². The highest BCUT2D eigenvalue weighted by Crippen LogP contribution is 2.32. The molecular weight excluding hydrogens is 318 g/mol. The quantitative estimate of drug-likeness (QED) is 0.795. The van der Waals surface area contributed by atoms with Crippen LogP contribution in [-0.4, -0.2) is 24.8 Å². The van der Waals surface area contributed by atoms with Crippen molar-refractivity contribution in [2.75, 3.05) is 12.4 Å². The Morgan fingerprint density at radius 1 is 1.12 bits per heavy atom. The third kappa shape index (κ3) is 3.68. The number of para-hydroxylation sites is 1. The summed E-state index contributed by atoms with van der Waals surface area (Å²) in [6.45, 7) is 0.340. The van der Waals surface area contributed by atoms with Crippen LogP contribution in [0.2, 0.25) is 0 Å². The SMILES string of the molecule is CNC(=O)c1ccc(CNC(=O)C2CC(=O)Nc3ccccc32)cc1. The first kappa shape index (κ1) is 16.7. The summed E-state index contributed by atoms with van der Waals surface area (Å²) in [5.41, 5.74) is 2.97. The minimum Gasteiger partial charge on any atom is -0.355 e. The van der Waals surface area contributed by atoms with Gasteiger partial charge in [-0.25, -0.2) is 0 Å². The van der Waals surface area contributed by atoms with Crippen molar-refractivity contribution >= 4 is 23.4 Å². The van der Waals surface area contributed by atoms with Gasteiger partial charge in [0.25, 0.3) is 5.91 Å². The third-order valence-corrected chi connectivity index (χ3v) is 4.23. The van der Waals surface area contributed by atoms with Crippen molar-refractivity contribution in [2.45, 2.75) is 18.9 Å². The van der Waals surface area contributed by atoms with Gasteiger partial charge in [0.1, 0.15) is 0 Å². The lowest BCUT2D eigenvalue weighted by Crippen LogP contribution is -2.34. The average Bonchev–Trinajstić information content (AvgIpc) is 2.65. The molecule has 1 unspecified atom stereocenters. The number of carbonyl (C=O) groups excluding carboxylic acids is 3. The molecule has 0 aromatic heterocycles. The molecule has 3 amide bonds. The molecule has 0 saturated heterocycles. The Morgan fingerprint density at radius 3 is 2.56 bits per heavy atom. The predicted octanol–water partition coefficient (Wildman–Crippen LogP) is 1.79. The van der Waals surface area contributed by atoms with E-state index < -0.39 is 5.92 Å². The van der Waals surface area contributed by atoms with Crippen LogP contribution in [0.4, 0.5) is 5.69 Å². The molecule has 3 N–H and O–H groups in total. The molecule has 1 aliphatic rings. The van der Waals surface area contributed by atoms with Crippen LogP contribution in [-0.2, 0) is 16.1 Å². The Labute approximate surface area is 145 Å². The Kier molecular flexibility index (Phi) is 4.79. The maximum atomic E-state index is 12.5. The molecule has 1 atom stereocenters. The molecule has 6 nitrogen and oxygen atoms in total. The number of benzene rings is 2. The monoisotopic (exact) mass is 337 g/mol. The van der Waals surface area contributed by atoms with Crippen LogP contribution in [0.1, 0.15) is 33.8 Å². The molecule has 128 valence electrons. The second-order valence-corrected chi connectivity index (χ2v) is 5.89. The lowest BCUT2D eigenvalue weighted by molar-refractivity contribution is -0.126. The highest BCUT2D eigenvalue weighted by atomic mass is 16.2. The van der Waals surface area contributed by atoms with Crippen LogP contribution in [0.3, 0.4) is 0 Å². The van der Waals surface area contributed by atoms with Crippen LogP contribution in [0.15, 0.2) is 48.5 Å². The fourth-order valence-electron chi connectivity index (χ4n) is 2.88. The zero-order chi connectivity index (χ0) is 17.8. The van der Waals surface area contributed by atoms with E-state index >= 15 is 0 Å². The van der Waals surface area contributed by atoms with Gasteiger partial charge in [0, 0.05) is 31.3 Å². The number of nitrogens with one attached hydrogen (secondary N) is 3. The van der Waals surface area contributed by atoms with Crippen molar-refractivity contribution in [3.63, 3.8) is 0 Å². The van der Waals surface area contributed by atoms with Gasteiger partial charge in [-0.3, -0.25) is 14.4 Å². The molecule has 3 rings (SSSR count). The van der Waals surface area contributed by atoms with Crippen molar-refractivity contribution in [1.82, 2.24) is 10.6 Å². The Balaban J connectivity index is 1.67. The fraction of sp³-hybridized carbons (Fsp3) is 0.211. The Bertz CT molecular complexity index is 815. The molecule has 1 heterocycles. The Hall–Kier alpha value is -3.15. The van der Waals surface area contributed by atoms with Gasteiger partial charge in [0.2, 0.25) is 11.8 Å². The molecule has 2 aromatic carbocycles. The van der Waals surface area contributed by atoms with E-state index in [-0.39, 0.29) is 24.1 Å². The van der Waals surface area contributed by atoms with Gasteiger partial charge >= 0.3 is 0 Å². The summed E-state index contributed by atoms with van der Waals surface area (Å²) in [7, 11) is 1.58. The van der Waals surface area contributed by atoms with Gasteiger partial charge in [0.05, 0.1) is 5.92 Å². The molecule has 6 heteroatoms. The normalized spacial score (nSPS) is 15.7. The predicted molar refractivity (Wildman–Crippen MR) is 94.1 cm³/mol. The molecule has 0 radical (unpaired) electrons. The summed E-state index contributed by atoms with van der Waals surface area (Å²) in [6, 6.07) is 14.4. The molecule has 0 bridgehead atoms. The van der Waals surface area contributed by atoms with Crippen molar-refractivity contribution in [3.05, 3.63) is 65.2 Å². The number of hydrogen-bond acceptors (Lipinski definition) is 3. The summed E-state index contributed by atoms with van der Waals surface area (Å²) in [4.78, 5) is 35.9. The summed E-state index contributed by atoms with van der Waals surface area (Å²) >= 11 is 0. The highest BCUT2D eigenvalue weighted by molar-refractivity contribution is 6.01. The fourth-order valence-corrected chi connectivity index (χ4v) is 2.88. The van der Waals surface area contributed by atoms with Gasteiger partial charge in [-0.2, -0.15) is 0 Å². The zero-order valence-electron chi connectivity index (χ0n) is 13.8. The Morgan fingerprint density at radius 2 is 1.84 bits per heavy atom. The molecule has 0 saturated carbocycles. The van der Waals surface area contributed by atoms with Gasteiger partial charge < -0.3 is 16.0 Å². The molecule has 0 fully saturated rings. The molecule has 1 aliphatic heterocycles. The third-order valence-electron chi connectivity index (χ3n) is 4.23. The van der Waals surface area contributed by atoms with Gasteiger partial charge in [0.15, 0.2) is 0 Å². The van der Waals surface area contributed by atoms with E-state index in [0.29, 0.717) is 17.8 Å². The maximum Gasteiger partial charge on any atom is 0.251 e. The van der Waals surface area contributed by atoms with E-state index in [2.05, 4.69) is 16.0 Å². The smallest absolute Gasteiger partial charge is 0.251 e. The lowest BCUT2D eigenvalue weighted by atomic mass is 9.90. The minimum absolute atomic E-state index is 0.137. The van der Waals surface area contributed by atoms with Crippen molar-refractivity contribution < 1.29 is 14.4 Å². The zero-order valence-corrected chi connectivity index (χ0v) is 13.8. The van der Waals surface area contributed by atoms with Gasteiger partial charge in [-0.15, -0.1) is 0 Å². The van der Waals surface area contributed by atoms with Crippen LogP contribution < -0.4 is 16.0 Å². The molecule has 25 heavy (non-hydrogen) atoms. The maximum absolute atomic E-state index is 12.5. The number of anilines is 1. The van der Waals surface area contributed by atoms with E-state index in [1.165, 1.54) is 0 Å². The molecule has 2 aromatic rings. The second-order valence-electron chi connectivity index (χ2n) is 5.89. The van der Waals surface area contributed by atoms with Crippen LogP contribution in [0, 0.1) is 0 Å². The van der Waals surface area contributed by atoms with Crippen molar-refractivity contribution in [3.8, 4) is 0 Å². The van der Waals surface area contributed by atoms with E-state index in [0.717, 1.165) is 11.1 Å². The summed E-state index contributed by atoms with van der Waals surface area (Å²) in [5, 5.41) is 8.22. The van der Waals surface area contributed by atoms with E-state index in [1.54, 1.807) is 37.4 Å². The minimum atomic E-state index is -0.491. The van der Waals surface area contributed by atoms with Crippen LogP contribution in [0.25, 0.3) is 0 Å². The van der Waals surface area contributed by atoms with E-state index in [9.17, 15) is 14.4 Å². The van der Waals surface area contributed by atoms with Crippen LogP contribution >= 0.6 is 0 Å². The van der Waals surface area contributed by atoms with Gasteiger partial charge in [-0.1, -0.05) is 30.3 Å². The van der Waals surface area contributed by atoms with Crippen molar-refractivity contribution in [2.24, 2.45) is 0 Å². The topological polar surface area (TPSA) is 87.3 Å². The standard InChI is InChI=1S/C19H19N3O3/c1-20-18(24)13-8-6-12(7-9-13)11-21-19(25)15-10-17(23)22-16-5-3-2-4-14(15)16/h2-9,15H,10-11H2,1H3,(H,20,24)(H,21,25)(H,22,23). The second kappa shape index (κ2) is 7.17. The summed E-state index contributed by atoms with van der Waals surface area (Å²) in [5.74, 6) is -0.984. The van der Waals surface area contributed by atoms with E-state index in [1.807, 2.05) is 18.2 Å². The number of carbonyl (C=O) groups is 3. The number of fused-ring (bicyclic) bond motifs is 1.